The summed E-state index contributed by atoms with van der Waals surface area (Å²) < 4.78 is 0. The molecule has 1 saturated carbocycles. The van der Waals surface area contributed by atoms with Crippen LogP contribution in [-0.2, 0) is 0 Å². The lowest BCUT2D eigenvalue weighted by molar-refractivity contribution is 0.273. The zero-order valence-electron chi connectivity index (χ0n) is 11.9. The molecule has 2 unspecified atom stereocenters. The molecule has 2 atom stereocenters. The summed E-state index contributed by atoms with van der Waals surface area (Å²) in [7, 11) is 0. The number of rotatable bonds is 3. The number of hydrogen-bond acceptors (Lipinski definition) is 2. The van der Waals surface area contributed by atoms with E-state index in [0.717, 1.165) is 18.3 Å². The predicted octanol–water partition coefficient (Wildman–Crippen LogP) is 3.55. The van der Waals surface area contributed by atoms with Crippen LogP contribution in [0.2, 0.25) is 0 Å². The van der Waals surface area contributed by atoms with E-state index in [2.05, 4.69) is 36.5 Å². The van der Waals surface area contributed by atoms with Crippen molar-refractivity contribution in [1.82, 2.24) is 5.32 Å². The van der Waals surface area contributed by atoms with E-state index in [1.54, 1.807) is 0 Å². The van der Waals surface area contributed by atoms with E-state index in [1.807, 2.05) is 0 Å². The van der Waals surface area contributed by atoms with E-state index >= 15 is 0 Å². The van der Waals surface area contributed by atoms with Gasteiger partial charge < -0.3 is 11.1 Å². The normalized spacial score (nSPS) is 34.2. The van der Waals surface area contributed by atoms with Gasteiger partial charge in [-0.2, -0.15) is 0 Å². The van der Waals surface area contributed by atoms with Gasteiger partial charge in [0.2, 0.25) is 0 Å². The standard InChI is InChI=1S/C17H26N2/c1-12-6-8-13(9-7-12)11-19-17-10-16(18)14-4-2-3-5-15(14)17/h2-5,12-13,16-17,19H,6-11,18H2,1H3. The fourth-order valence-electron chi connectivity index (χ4n) is 3.71. The molecule has 0 aliphatic heterocycles. The van der Waals surface area contributed by atoms with Crippen LogP contribution < -0.4 is 11.1 Å². The Morgan fingerprint density at radius 3 is 2.53 bits per heavy atom. The van der Waals surface area contributed by atoms with Crippen molar-refractivity contribution < 1.29 is 0 Å². The Labute approximate surface area is 116 Å². The lowest BCUT2D eigenvalue weighted by Crippen LogP contribution is -2.28. The molecule has 0 aromatic heterocycles. The lowest BCUT2D eigenvalue weighted by Gasteiger charge is -2.27. The largest absolute Gasteiger partial charge is 0.324 e. The van der Waals surface area contributed by atoms with Crippen molar-refractivity contribution in [3.8, 4) is 0 Å². The van der Waals surface area contributed by atoms with Gasteiger partial charge in [-0.15, -0.1) is 0 Å². The molecule has 0 saturated heterocycles. The van der Waals surface area contributed by atoms with Gasteiger partial charge in [0.25, 0.3) is 0 Å². The summed E-state index contributed by atoms with van der Waals surface area (Å²) >= 11 is 0. The number of nitrogens with two attached hydrogens (primary N) is 1. The van der Waals surface area contributed by atoms with Crippen molar-refractivity contribution in [2.75, 3.05) is 6.54 Å². The van der Waals surface area contributed by atoms with Gasteiger partial charge >= 0.3 is 0 Å². The molecule has 2 heteroatoms. The maximum absolute atomic E-state index is 6.22. The van der Waals surface area contributed by atoms with Crippen molar-refractivity contribution >= 4 is 0 Å². The van der Waals surface area contributed by atoms with Crippen LogP contribution in [0.25, 0.3) is 0 Å². The summed E-state index contributed by atoms with van der Waals surface area (Å²) in [6, 6.07) is 9.36. The monoisotopic (exact) mass is 258 g/mol. The van der Waals surface area contributed by atoms with Crippen molar-refractivity contribution in [3.63, 3.8) is 0 Å². The maximum atomic E-state index is 6.22. The average molecular weight is 258 g/mol. The maximum Gasteiger partial charge on any atom is 0.0341 e. The Balaban J connectivity index is 1.57. The first-order valence-electron chi connectivity index (χ1n) is 7.82. The summed E-state index contributed by atoms with van der Waals surface area (Å²) in [5.74, 6) is 1.82. The Morgan fingerprint density at radius 1 is 1.11 bits per heavy atom. The van der Waals surface area contributed by atoms with Crippen LogP contribution in [0.1, 0.15) is 62.2 Å². The second-order valence-electron chi connectivity index (χ2n) is 6.56. The van der Waals surface area contributed by atoms with Crippen LogP contribution in [0.5, 0.6) is 0 Å². The van der Waals surface area contributed by atoms with E-state index in [-0.39, 0.29) is 6.04 Å². The third kappa shape index (κ3) is 2.85. The SMILES string of the molecule is CC1CCC(CNC2CC(N)c3ccccc32)CC1. The third-order valence-corrected chi connectivity index (χ3v) is 5.05. The number of benzene rings is 1. The second-order valence-corrected chi connectivity index (χ2v) is 6.56. The van der Waals surface area contributed by atoms with E-state index in [0.29, 0.717) is 6.04 Å². The van der Waals surface area contributed by atoms with Crippen LogP contribution >= 0.6 is 0 Å². The zero-order valence-corrected chi connectivity index (χ0v) is 11.9. The highest BCUT2D eigenvalue weighted by Gasteiger charge is 2.28. The van der Waals surface area contributed by atoms with E-state index < -0.39 is 0 Å². The average Bonchev–Trinajstić information content (AvgIpc) is 2.76. The molecule has 104 valence electrons. The van der Waals surface area contributed by atoms with Crippen LogP contribution in [0.15, 0.2) is 24.3 Å². The van der Waals surface area contributed by atoms with Gasteiger partial charge in [-0.1, -0.05) is 44.0 Å². The minimum atomic E-state index is 0.222. The summed E-state index contributed by atoms with van der Waals surface area (Å²) in [5.41, 5.74) is 9.00. The molecule has 2 aliphatic carbocycles. The molecule has 0 amide bonds. The molecular weight excluding hydrogens is 232 g/mol. The first-order chi connectivity index (χ1) is 9.24. The summed E-state index contributed by atoms with van der Waals surface area (Å²) in [4.78, 5) is 0. The second kappa shape index (κ2) is 5.64. The summed E-state index contributed by atoms with van der Waals surface area (Å²) in [5, 5.41) is 3.77. The zero-order chi connectivity index (χ0) is 13.2. The fourth-order valence-corrected chi connectivity index (χ4v) is 3.71. The molecule has 0 spiro atoms. The van der Waals surface area contributed by atoms with Gasteiger partial charge in [0.15, 0.2) is 0 Å². The van der Waals surface area contributed by atoms with Gasteiger partial charge in [0.1, 0.15) is 0 Å². The molecule has 0 bridgehead atoms. The Hall–Kier alpha value is -0.860. The van der Waals surface area contributed by atoms with Crippen LogP contribution in [0.3, 0.4) is 0 Å². The highest BCUT2D eigenvalue weighted by Crippen LogP contribution is 2.37. The van der Waals surface area contributed by atoms with Crippen LogP contribution in [0, 0.1) is 11.8 Å². The highest BCUT2D eigenvalue weighted by atomic mass is 14.9. The number of fused-ring (bicyclic) bond motifs is 1. The van der Waals surface area contributed by atoms with Crippen molar-refractivity contribution in [3.05, 3.63) is 35.4 Å². The first-order valence-corrected chi connectivity index (χ1v) is 7.82. The molecule has 3 rings (SSSR count). The molecule has 19 heavy (non-hydrogen) atoms. The summed E-state index contributed by atoms with van der Waals surface area (Å²) in [6.07, 6.45) is 6.67. The molecule has 0 radical (unpaired) electrons. The predicted molar refractivity (Wildman–Crippen MR) is 79.9 cm³/mol. The Kier molecular flexibility index (Phi) is 3.90. The topological polar surface area (TPSA) is 38.0 Å². The fraction of sp³-hybridized carbons (Fsp3) is 0.647. The van der Waals surface area contributed by atoms with Gasteiger partial charge in [-0.05, 0) is 48.8 Å². The van der Waals surface area contributed by atoms with Crippen molar-refractivity contribution in [2.45, 2.75) is 51.1 Å². The molecule has 0 heterocycles. The molecular formula is C17H26N2. The van der Waals surface area contributed by atoms with E-state index in [1.165, 1.54) is 43.4 Å². The molecule has 1 aromatic rings. The minimum Gasteiger partial charge on any atom is -0.324 e. The number of nitrogens with one attached hydrogen (secondary N) is 1. The first kappa shape index (κ1) is 13.1. The molecule has 2 aliphatic rings. The van der Waals surface area contributed by atoms with Crippen LogP contribution in [0.4, 0.5) is 0 Å². The molecule has 1 fully saturated rings. The molecule has 3 N–H and O–H groups in total. The highest BCUT2D eigenvalue weighted by molar-refractivity contribution is 5.37. The van der Waals surface area contributed by atoms with Gasteiger partial charge in [-0.25, -0.2) is 0 Å². The minimum absolute atomic E-state index is 0.222. The van der Waals surface area contributed by atoms with Gasteiger partial charge in [0.05, 0.1) is 0 Å². The van der Waals surface area contributed by atoms with E-state index in [9.17, 15) is 0 Å². The van der Waals surface area contributed by atoms with E-state index in [4.69, 9.17) is 5.73 Å². The van der Waals surface area contributed by atoms with Crippen molar-refractivity contribution in [1.29, 1.82) is 0 Å². The van der Waals surface area contributed by atoms with Gasteiger partial charge in [-0.3, -0.25) is 0 Å². The Bertz CT molecular complexity index is 421. The van der Waals surface area contributed by atoms with Gasteiger partial charge in [0, 0.05) is 12.1 Å². The smallest absolute Gasteiger partial charge is 0.0341 e. The molecule has 1 aromatic carbocycles. The third-order valence-electron chi connectivity index (χ3n) is 5.05. The Morgan fingerprint density at radius 2 is 1.79 bits per heavy atom. The summed E-state index contributed by atoms with van der Waals surface area (Å²) in [6.45, 7) is 3.55. The lowest BCUT2D eigenvalue weighted by atomic mass is 9.83. The molecule has 2 nitrogen and oxygen atoms in total. The van der Waals surface area contributed by atoms with Crippen LogP contribution in [-0.4, -0.2) is 6.54 Å². The van der Waals surface area contributed by atoms with Crippen molar-refractivity contribution in [2.24, 2.45) is 17.6 Å². The number of hydrogen-bond donors (Lipinski definition) is 2. The quantitative estimate of drug-likeness (QED) is 0.870.